The van der Waals surface area contributed by atoms with E-state index in [1.807, 2.05) is 0 Å². The van der Waals surface area contributed by atoms with E-state index in [0.717, 1.165) is 25.7 Å². The van der Waals surface area contributed by atoms with E-state index in [2.05, 4.69) is 5.32 Å². The van der Waals surface area contributed by atoms with Gasteiger partial charge >= 0.3 is 0 Å². The van der Waals surface area contributed by atoms with E-state index < -0.39 is 11.9 Å². The molecule has 4 nitrogen and oxygen atoms in total. The van der Waals surface area contributed by atoms with E-state index in [4.69, 9.17) is 16.3 Å². The van der Waals surface area contributed by atoms with E-state index in [1.54, 1.807) is 7.11 Å². The normalized spacial score (nSPS) is 25.5. The van der Waals surface area contributed by atoms with E-state index in [9.17, 15) is 14.3 Å². The lowest BCUT2D eigenvalue weighted by atomic mass is 10.0. The van der Waals surface area contributed by atoms with Crippen molar-refractivity contribution in [1.82, 2.24) is 5.32 Å². The largest absolute Gasteiger partial charge is 0.388 e. The van der Waals surface area contributed by atoms with Gasteiger partial charge in [-0.1, -0.05) is 30.5 Å². The number of carbonyl (C=O) groups excluding carboxylic acids is 1. The molecular formula is C16H21ClFNO3. The fourth-order valence-electron chi connectivity index (χ4n) is 2.82. The van der Waals surface area contributed by atoms with E-state index in [-0.39, 0.29) is 29.5 Å². The van der Waals surface area contributed by atoms with Crippen molar-refractivity contribution in [3.63, 3.8) is 0 Å². The zero-order valence-electron chi connectivity index (χ0n) is 12.5. The van der Waals surface area contributed by atoms with Gasteiger partial charge in [0.2, 0.25) is 5.91 Å². The van der Waals surface area contributed by atoms with Crippen molar-refractivity contribution >= 4 is 17.5 Å². The molecule has 0 bridgehead atoms. The van der Waals surface area contributed by atoms with Crippen LogP contribution in [0.15, 0.2) is 18.2 Å². The Kier molecular flexibility index (Phi) is 6.17. The summed E-state index contributed by atoms with van der Waals surface area (Å²) in [5, 5.41) is 13.1. The number of benzene rings is 1. The maximum absolute atomic E-state index is 13.1. The Hall–Kier alpha value is -1.17. The van der Waals surface area contributed by atoms with Gasteiger partial charge in [-0.2, -0.15) is 0 Å². The lowest BCUT2D eigenvalue weighted by molar-refractivity contribution is -0.123. The second-order valence-electron chi connectivity index (χ2n) is 5.65. The fraction of sp³-hybridized carbons (Fsp3) is 0.562. The molecule has 1 aliphatic carbocycles. The van der Waals surface area contributed by atoms with Crippen molar-refractivity contribution in [2.75, 3.05) is 7.11 Å². The van der Waals surface area contributed by atoms with Crippen molar-refractivity contribution in [1.29, 1.82) is 0 Å². The molecule has 0 aliphatic heterocycles. The fourth-order valence-corrected chi connectivity index (χ4v) is 3.02. The van der Waals surface area contributed by atoms with Gasteiger partial charge in [0, 0.05) is 7.11 Å². The van der Waals surface area contributed by atoms with Crippen LogP contribution in [0.4, 0.5) is 4.39 Å². The number of aliphatic hydroxyl groups is 1. The third-order valence-corrected chi connectivity index (χ3v) is 4.33. The summed E-state index contributed by atoms with van der Waals surface area (Å²) in [4.78, 5) is 12.1. The van der Waals surface area contributed by atoms with Crippen LogP contribution >= 0.6 is 11.6 Å². The summed E-state index contributed by atoms with van der Waals surface area (Å²) < 4.78 is 18.4. The molecule has 0 unspecified atom stereocenters. The van der Waals surface area contributed by atoms with Crippen LogP contribution in [0.2, 0.25) is 5.02 Å². The van der Waals surface area contributed by atoms with E-state index in [0.29, 0.717) is 5.56 Å². The van der Waals surface area contributed by atoms with E-state index >= 15 is 0 Å². The van der Waals surface area contributed by atoms with Gasteiger partial charge in [0.05, 0.1) is 23.6 Å². The molecule has 1 amide bonds. The third-order valence-electron chi connectivity index (χ3n) is 4.04. The highest BCUT2D eigenvalue weighted by Gasteiger charge is 2.31. The van der Waals surface area contributed by atoms with Crippen molar-refractivity contribution in [3.05, 3.63) is 34.6 Å². The summed E-state index contributed by atoms with van der Waals surface area (Å²) in [5.74, 6) is -0.726. The van der Waals surface area contributed by atoms with Gasteiger partial charge in [-0.05, 0) is 30.5 Å². The molecule has 122 valence electrons. The number of nitrogens with one attached hydrogen (secondary N) is 1. The molecule has 2 rings (SSSR count). The van der Waals surface area contributed by atoms with Crippen LogP contribution in [-0.4, -0.2) is 36.4 Å². The number of methoxy groups -OCH3 is 1. The van der Waals surface area contributed by atoms with E-state index in [1.165, 1.54) is 18.2 Å². The molecule has 0 heterocycles. The molecule has 3 atom stereocenters. The predicted molar refractivity (Wildman–Crippen MR) is 82.3 cm³/mol. The Bertz CT molecular complexity index is 526. The third kappa shape index (κ3) is 4.41. The van der Waals surface area contributed by atoms with Crippen molar-refractivity contribution in [3.8, 4) is 0 Å². The number of rotatable bonds is 4. The van der Waals surface area contributed by atoms with Crippen LogP contribution in [0.25, 0.3) is 0 Å². The minimum atomic E-state index is -0.715. The van der Waals surface area contributed by atoms with Gasteiger partial charge in [0.1, 0.15) is 11.9 Å². The van der Waals surface area contributed by atoms with Gasteiger partial charge in [0.25, 0.3) is 0 Å². The Morgan fingerprint density at radius 1 is 1.45 bits per heavy atom. The molecule has 1 aromatic carbocycles. The summed E-state index contributed by atoms with van der Waals surface area (Å²) in [5.41, 5.74) is 0.635. The summed E-state index contributed by atoms with van der Waals surface area (Å²) in [6.07, 6.45) is 2.54. The molecule has 0 radical (unpaired) electrons. The topological polar surface area (TPSA) is 58.6 Å². The number of hydrogen-bond donors (Lipinski definition) is 2. The quantitative estimate of drug-likeness (QED) is 0.834. The predicted octanol–water partition coefficient (Wildman–Crippen LogP) is 2.46. The maximum atomic E-state index is 13.1. The Labute approximate surface area is 134 Å². The molecule has 0 spiro atoms. The lowest BCUT2D eigenvalue weighted by Crippen LogP contribution is -2.48. The molecule has 0 aromatic heterocycles. The standard InChI is InChI=1S/C16H21ClFNO3/c1-22-14-5-3-2-4-13(16(14)21)19-15(20)9-10-6-7-12(18)11(17)8-10/h6-8,13-14,16,21H,2-5,9H2,1H3,(H,19,20)/t13-,14-,16-/m1/s1. The van der Waals surface area contributed by atoms with Crippen LogP contribution in [0.5, 0.6) is 0 Å². The number of carbonyl (C=O) groups is 1. The summed E-state index contributed by atoms with van der Waals surface area (Å²) in [6.45, 7) is 0. The highest BCUT2D eigenvalue weighted by Crippen LogP contribution is 2.21. The van der Waals surface area contributed by atoms with Crippen LogP contribution in [-0.2, 0) is 16.0 Å². The zero-order valence-corrected chi connectivity index (χ0v) is 13.3. The van der Waals surface area contributed by atoms with Crippen LogP contribution in [0, 0.1) is 5.82 Å². The Balaban J connectivity index is 1.96. The molecule has 22 heavy (non-hydrogen) atoms. The minimum Gasteiger partial charge on any atom is -0.388 e. The molecule has 1 aromatic rings. The minimum absolute atomic E-state index is 0.000696. The SMILES string of the molecule is CO[C@@H]1CCCC[C@@H](NC(=O)Cc2ccc(F)c(Cl)c2)[C@H]1O. The van der Waals surface area contributed by atoms with Crippen molar-refractivity contribution in [2.24, 2.45) is 0 Å². The molecule has 1 saturated carbocycles. The zero-order chi connectivity index (χ0) is 16.1. The Morgan fingerprint density at radius 3 is 2.86 bits per heavy atom. The molecule has 1 fully saturated rings. The molecule has 1 aliphatic rings. The van der Waals surface area contributed by atoms with Crippen LogP contribution in [0.3, 0.4) is 0 Å². The smallest absolute Gasteiger partial charge is 0.224 e. The Morgan fingerprint density at radius 2 is 2.18 bits per heavy atom. The monoisotopic (exact) mass is 329 g/mol. The second-order valence-corrected chi connectivity index (χ2v) is 6.06. The van der Waals surface area contributed by atoms with Crippen molar-refractivity contribution < 1.29 is 19.0 Å². The maximum Gasteiger partial charge on any atom is 0.224 e. The highest BCUT2D eigenvalue weighted by atomic mass is 35.5. The molecule has 6 heteroatoms. The first-order valence-electron chi connectivity index (χ1n) is 7.45. The molecular weight excluding hydrogens is 309 g/mol. The number of halogens is 2. The average Bonchev–Trinajstić information content (AvgIpc) is 2.65. The second kappa shape index (κ2) is 7.90. The van der Waals surface area contributed by atoms with Gasteiger partial charge in [-0.3, -0.25) is 4.79 Å². The summed E-state index contributed by atoms with van der Waals surface area (Å²) in [6, 6.07) is 3.89. The van der Waals surface area contributed by atoms with Gasteiger partial charge in [-0.15, -0.1) is 0 Å². The average molecular weight is 330 g/mol. The molecule has 2 N–H and O–H groups in total. The number of amides is 1. The van der Waals surface area contributed by atoms with Gasteiger partial charge < -0.3 is 15.2 Å². The van der Waals surface area contributed by atoms with Crippen LogP contribution in [0.1, 0.15) is 31.2 Å². The number of hydrogen-bond acceptors (Lipinski definition) is 3. The highest BCUT2D eigenvalue weighted by molar-refractivity contribution is 6.30. The van der Waals surface area contributed by atoms with Crippen LogP contribution < -0.4 is 5.32 Å². The first-order chi connectivity index (χ1) is 10.5. The lowest BCUT2D eigenvalue weighted by Gasteiger charge is -2.27. The summed E-state index contributed by atoms with van der Waals surface area (Å²) in [7, 11) is 1.57. The van der Waals surface area contributed by atoms with Gasteiger partial charge in [-0.25, -0.2) is 4.39 Å². The molecule has 0 saturated heterocycles. The van der Waals surface area contributed by atoms with Crippen molar-refractivity contribution in [2.45, 2.75) is 50.4 Å². The number of aliphatic hydroxyl groups excluding tert-OH is 1. The van der Waals surface area contributed by atoms with Gasteiger partial charge in [0.15, 0.2) is 0 Å². The first-order valence-corrected chi connectivity index (χ1v) is 7.83. The number of ether oxygens (including phenoxy) is 1. The summed E-state index contributed by atoms with van der Waals surface area (Å²) >= 11 is 5.71. The first kappa shape index (κ1) is 17.2.